The third kappa shape index (κ3) is 16.8. The summed E-state index contributed by atoms with van der Waals surface area (Å²) in [5, 5.41) is 0. The highest BCUT2D eigenvalue weighted by molar-refractivity contribution is 6.50. The maximum Gasteiger partial charge on any atom is 0.394 e. The molecule has 0 bridgehead atoms. The number of halogens is 9. The fourth-order valence-electron chi connectivity index (χ4n) is 2.38. The van der Waals surface area contributed by atoms with E-state index in [4.69, 9.17) is 12.3 Å². The van der Waals surface area contributed by atoms with Crippen molar-refractivity contribution in [1.82, 2.24) is 0 Å². The summed E-state index contributed by atoms with van der Waals surface area (Å²) in [5.74, 6) is 0. The summed E-state index contributed by atoms with van der Waals surface area (Å²) in [6, 6.07) is -1.15. The van der Waals surface area contributed by atoms with Crippen molar-refractivity contribution in [2.75, 3.05) is 20.6 Å². The molecule has 0 aromatic carbocycles. The molecule has 1 aliphatic heterocycles. The van der Waals surface area contributed by atoms with Crippen LogP contribution in [0.25, 0.3) is 0 Å². The summed E-state index contributed by atoms with van der Waals surface area (Å²) in [4.78, 5) is 0. The van der Waals surface area contributed by atoms with Crippen molar-refractivity contribution in [3.8, 4) is 0 Å². The molecule has 1 fully saturated rings. The van der Waals surface area contributed by atoms with Crippen molar-refractivity contribution in [1.29, 1.82) is 0 Å². The van der Waals surface area contributed by atoms with Gasteiger partial charge >= 0.3 is 18.5 Å². The van der Waals surface area contributed by atoms with Crippen LogP contribution in [0, 0.1) is 0 Å². The second-order valence-electron chi connectivity index (χ2n) is 6.79. The summed E-state index contributed by atoms with van der Waals surface area (Å²) < 4.78 is 124. The van der Waals surface area contributed by atoms with Gasteiger partial charge in [0.15, 0.2) is 0 Å². The fourth-order valence-corrected chi connectivity index (χ4v) is 7.79. The van der Waals surface area contributed by atoms with Crippen molar-refractivity contribution in [3.63, 3.8) is 0 Å². The Bertz CT molecular complexity index is 400. The van der Waals surface area contributed by atoms with Crippen LogP contribution < -0.4 is 0 Å². The first kappa shape index (κ1) is 27.9. The Morgan fingerprint density at radius 2 is 0.964 bits per heavy atom. The smallest absolute Gasteiger partial charge is 0.394 e. The summed E-state index contributed by atoms with van der Waals surface area (Å²) in [5.41, 5.74) is 0. The van der Waals surface area contributed by atoms with Crippen LogP contribution in [-0.2, 0) is 12.3 Å². The van der Waals surface area contributed by atoms with Crippen LogP contribution in [0.4, 0.5) is 39.5 Å². The van der Waals surface area contributed by atoms with E-state index < -0.39 is 97.7 Å². The molecular weight excluding hydrogens is 461 g/mol. The molecule has 0 radical (unpaired) electrons. The van der Waals surface area contributed by atoms with Crippen LogP contribution in [0.15, 0.2) is 0 Å². The molecule has 0 aromatic heterocycles. The number of nitrogens with zero attached hydrogens (tertiary/aromatic N) is 1. The third-order valence-corrected chi connectivity index (χ3v) is 7.98. The lowest BCUT2D eigenvalue weighted by atomic mass is 10.0. The lowest BCUT2D eigenvalue weighted by molar-refractivity contribution is -0.917. The van der Waals surface area contributed by atoms with E-state index in [0.29, 0.717) is 0 Å². The molecule has 16 heteroatoms. The SMILES string of the molecule is C[N+](C)(CCC(F)(F)F)C(CCC(F)(F)F)CCC(F)(F)F.O1[SiH2]O[SiH2]O[SiH2]1. The van der Waals surface area contributed by atoms with Gasteiger partial charge in [-0.05, 0) is 0 Å². The number of quaternary nitrogens is 1. The summed E-state index contributed by atoms with van der Waals surface area (Å²) in [6.07, 6.45) is -18.8. The molecule has 0 saturated carbocycles. The molecule has 0 amide bonds. The molecule has 0 atom stereocenters. The normalized spacial score (nSPS) is 19.3. The number of rotatable bonds is 7. The van der Waals surface area contributed by atoms with Gasteiger partial charge in [0.25, 0.3) is 30.0 Å². The van der Waals surface area contributed by atoms with Gasteiger partial charge in [-0.25, -0.2) is 0 Å². The molecular formula is C12H25F9NO3Si3+. The van der Waals surface area contributed by atoms with Crippen molar-refractivity contribution in [3.05, 3.63) is 0 Å². The fraction of sp³-hybridized carbons (Fsp3) is 1.00. The van der Waals surface area contributed by atoms with E-state index in [1.54, 1.807) is 0 Å². The molecule has 0 aliphatic carbocycles. The van der Waals surface area contributed by atoms with E-state index in [0.717, 1.165) is 0 Å². The largest absolute Gasteiger partial charge is 0.425 e. The third-order valence-electron chi connectivity index (χ3n) is 3.98. The Labute approximate surface area is 164 Å². The number of hydrogen-bond acceptors (Lipinski definition) is 3. The molecule has 0 unspecified atom stereocenters. The van der Waals surface area contributed by atoms with Gasteiger partial charge in [-0.15, -0.1) is 0 Å². The average Bonchev–Trinajstić information content (AvgIpc) is 2.52. The molecule has 0 spiro atoms. The first-order valence-corrected chi connectivity index (χ1v) is 11.7. The Morgan fingerprint density at radius 1 is 0.643 bits per heavy atom. The van der Waals surface area contributed by atoms with Gasteiger partial charge in [0.2, 0.25) is 0 Å². The minimum atomic E-state index is -4.56. The zero-order valence-electron chi connectivity index (χ0n) is 15.5. The van der Waals surface area contributed by atoms with E-state index in [9.17, 15) is 39.5 Å². The van der Waals surface area contributed by atoms with Crippen LogP contribution in [0.3, 0.4) is 0 Å². The van der Waals surface area contributed by atoms with E-state index in [1.807, 2.05) is 0 Å². The Balaban J connectivity index is 0.00000102. The van der Waals surface area contributed by atoms with Crippen LogP contribution in [0.5, 0.6) is 0 Å². The highest BCUT2D eigenvalue weighted by Gasteiger charge is 2.39. The lowest BCUT2D eigenvalue weighted by Gasteiger charge is -2.39. The molecule has 170 valence electrons. The predicted molar refractivity (Wildman–Crippen MR) is 90.9 cm³/mol. The van der Waals surface area contributed by atoms with E-state index in [2.05, 4.69) is 0 Å². The van der Waals surface area contributed by atoms with E-state index in [1.165, 1.54) is 14.1 Å². The monoisotopic (exact) mass is 486 g/mol. The molecule has 1 aliphatic rings. The van der Waals surface area contributed by atoms with Gasteiger partial charge in [0.05, 0.1) is 33.1 Å². The minimum absolute atomic E-state index is 0.493. The van der Waals surface area contributed by atoms with Crippen LogP contribution >= 0.6 is 0 Å². The van der Waals surface area contributed by atoms with E-state index in [-0.39, 0.29) is 0 Å². The van der Waals surface area contributed by atoms with Crippen molar-refractivity contribution >= 4 is 30.0 Å². The van der Waals surface area contributed by atoms with Gasteiger partial charge in [0, 0.05) is 25.7 Å². The Morgan fingerprint density at radius 3 is 1.21 bits per heavy atom. The standard InChI is InChI=1S/C12H19F9N.H6O3Si3/c1-22(2,8-7-12(19,20)21)9(3-5-10(13,14)15)4-6-11(16,17)18;1-4-2-6-3-5-1/h9H,3-8H2,1-2H3;4-6H2/q+1;. The van der Waals surface area contributed by atoms with Crippen LogP contribution in [0.1, 0.15) is 32.1 Å². The van der Waals surface area contributed by atoms with Gasteiger partial charge in [-0.3, -0.25) is 0 Å². The molecule has 1 rings (SSSR count). The second-order valence-corrected chi connectivity index (χ2v) is 12.4. The molecule has 28 heavy (non-hydrogen) atoms. The zero-order valence-corrected chi connectivity index (χ0v) is 19.8. The van der Waals surface area contributed by atoms with Gasteiger partial charge in [0.1, 0.15) is 0 Å². The second kappa shape index (κ2) is 11.9. The quantitative estimate of drug-likeness (QED) is 0.314. The topological polar surface area (TPSA) is 27.7 Å². The first-order valence-electron chi connectivity index (χ1n) is 8.28. The van der Waals surface area contributed by atoms with Crippen LogP contribution in [0.2, 0.25) is 0 Å². The van der Waals surface area contributed by atoms with Crippen molar-refractivity contribution in [2.45, 2.75) is 56.7 Å². The number of hydrogen-bond donors (Lipinski definition) is 0. The van der Waals surface area contributed by atoms with Gasteiger partial charge in [-0.1, -0.05) is 0 Å². The molecule has 0 N–H and O–H groups in total. The van der Waals surface area contributed by atoms with Gasteiger partial charge < -0.3 is 16.8 Å². The molecule has 1 heterocycles. The summed E-state index contributed by atoms with van der Waals surface area (Å²) >= 11 is 0. The molecule has 0 aromatic rings. The molecule has 1 saturated heterocycles. The van der Waals surface area contributed by atoms with Crippen molar-refractivity contribution in [2.24, 2.45) is 0 Å². The number of alkyl halides is 9. The first-order chi connectivity index (χ1) is 12.5. The lowest BCUT2D eigenvalue weighted by Crippen LogP contribution is -2.51. The highest BCUT2D eigenvalue weighted by atomic mass is 28.4. The Hall–Kier alpha value is -0.139. The maximum absolute atomic E-state index is 12.2. The minimum Gasteiger partial charge on any atom is -0.425 e. The maximum atomic E-state index is 12.2. The summed E-state index contributed by atoms with van der Waals surface area (Å²) in [6.45, 7) is -0.566. The van der Waals surface area contributed by atoms with Gasteiger partial charge in [-0.2, -0.15) is 39.5 Å². The molecule has 4 nitrogen and oxygen atoms in total. The average molecular weight is 487 g/mol. The zero-order chi connectivity index (χ0) is 22.1. The van der Waals surface area contributed by atoms with Crippen molar-refractivity contribution < 1.29 is 56.3 Å². The Kier molecular flexibility index (Phi) is 11.8. The van der Waals surface area contributed by atoms with E-state index >= 15 is 0 Å². The highest BCUT2D eigenvalue weighted by Crippen LogP contribution is 2.31. The summed E-state index contributed by atoms with van der Waals surface area (Å²) in [7, 11) is 0.972. The van der Waals surface area contributed by atoms with Crippen LogP contribution in [-0.4, -0.2) is 79.7 Å². The predicted octanol–water partition coefficient (Wildman–Crippen LogP) is 2.12.